The Morgan fingerprint density at radius 3 is 3.09 bits per heavy atom. The van der Waals surface area contributed by atoms with E-state index in [9.17, 15) is 9.28 Å². The highest BCUT2D eigenvalue weighted by Gasteiger charge is 2.10. The van der Waals surface area contributed by atoms with Gasteiger partial charge in [-0.1, -0.05) is 15.7 Å². The van der Waals surface area contributed by atoms with Gasteiger partial charge < -0.3 is 9.26 Å². The van der Waals surface area contributed by atoms with Gasteiger partial charge >= 0.3 is 0 Å². The molecule has 0 spiro atoms. The molecule has 2 heterocycles. The van der Waals surface area contributed by atoms with Crippen molar-refractivity contribution in [1.29, 1.82) is 0 Å². The number of hydrogen-bond donors (Lipinski definition) is 1. The molecular formula is C14H10FN3O3S. The first kappa shape index (κ1) is 14.2. The number of ether oxygens (including phenoxy) is 1. The third-order valence-corrected chi connectivity index (χ3v) is 3.47. The fraction of sp³-hybridized carbons (Fsp3) is 0.0714. The number of nitrogens with zero attached hydrogens (tertiary/aromatic N) is 2. The van der Waals surface area contributed by atoms with E-state index in [-0.39, 0.29) is 12.2 Å². The SMILES string of the molecule is O=C(NF)c1cccc(OCc2noc(-c3ccsc3)n2)c1. The molecule has 3 rings (SSSR count). The number of nitrogens with one attached hydrogen (secondary N) is 1. The van der Waals surface area contributed by atoms with Crippen molar-refractivity contribution < 1.29 is 18.5 Å². The minimum Gasteiger partial charge on any atom is -0.485 e. The highest BCUT2D eigenvalue weighted by atomic mass is 32.1. The van der Waals surface area contributed by atoms with Crippen LogP contribution >= 0.6 is 11.3 Å². The van der Waals surface area contributed by atoms with Crippen LogP contribution in [0.2, 0.25) is 0 Å². The van der Waals surface area contributed by atoms with Crippen LogP contribution in [0.15, 0.2) is 45.6 Å². The second-order valence-electron chi connectivity index (χ2n) is 4.27. The average Bonchev–Trinajstić information content (AvgIpc) is 3.23. The molecule has 0 saturated carbocycles. The smallest absolute Gasteiger partial charge is 0.279 e. The summed E-state index contributed by atoms with van der Waals surface area (Å²) < 4.78 is 22.7. The van der Waals surface area contributed by atoms with Crippen molar-refractivity contribution in [3.63, 3.8) is 0 Å². The summed E-state index contributed by atoms with van der Waals surface area (Å²) in [6, 6.07) is 8.02. The van der Waals surface area contributed by atoms with Gasteiger partial charge in [-0.2, -0.15) is 21.9 Å². The summed E-state index contributed by atoms with van der Waals surface area (Å²) >= 11 is 1.53. The molecule has 0 radical (unpaired) electrons. The van der Waals surface area contributed by atoms with Crippen molar-refractivity contribution >= 4 is 17.2 Å². The minimum atomic E-state index is -0.829. The fourth-order valence-electron chi connectivity index (χ4n) is 1.75. The van der Waals surface area contributed by atoms with Crippen molar-refractivity contribution in [2.24, 2.45) is 0 Å². The van der Waals surface area contributed by atoms with E-state index in [2.05, 4.69) is 10.1 Å². The van der Waals surface area contributed by atoms with Crippen LogP contribution in [0.5, 0.6) is 5.75 Å². The Hall–Kier alpha value is -2.74. The van der Waals surface area contributed by atoms with Gasteiger partial charge in [0, 0.05) is 10.9 Å². The molecule has 6 nitrogen and oxygen atoms in total. The van der Waals surface area contributed by atoms with Crippen molar-refractivity contribution in [3.8, 4) is 17.2 Å². The van der Waals surface area contributed by atoms with Crippen LogP contribution in [0.25, 0.3) is 11.5 Å². The maximum absolute atomic E-state index is 12.1. The molecule has 1 amide bonds. The van der Waals surface area contributed by atoms with Crippen LogP contribution in [0.3, 0.4) is 0 Å². The van der Waals surface area contributed by atoms with Gasteiger partial charge in [-0.15, -0.1) is 0 Å². The molecule has 8 heteroatoms. The van der Waals surface area contributed by atoms with Gasteiger partial charge in [0.15, 0.2) is 6.61 Å². The molecule has 0 atom stereocenters. The summed E-state index contributed by atoms with van der Waals surface area (Å²) in [4.78, 5) is 15.4. The van der Waals surface area contributed by atoms with E-state index < -0.39 is 5.91 Å². The van der Waals surface area contributed by atoms with Gasteiger partial charge in [0.05, 0.1) is 5.56 Å². The largest absolute Gasteiger partial charge is 0.485 e. The molecule has 0 aliphatic carbocycles. The van der Waals surface area contributed by atoms with Gasteiger partial charge in [-0.3, -0.25) is 4.79 Å². The maximum Gasteiger partial charge on any atom is 0.279 e. The predicted molar refractivity (Wildman–Crippen MR) is 77.0 cm³/mol. The lowest BCUT2D eigenvalue weighted by Gasteiger charge is -2.04. The number of aromatic nitrogens is 2. The standard InChI is InChI=1S/C14H10FN3O3S/c15-17-13(19)9-2-1-3-11(6-9)20-7-12-16-14(21-18-12)10-4-5-22-8-10/h1-6,8H,7H2,(H,17,19). The highest BCUT2D eigenvalue weighted by Crippen LogP contribution is 2.20. The predicted octanol–water partition coefficient (Wildman–Crippen LogP) is 2.99. The molecule has 0 saturated heterocycles. The van der Waals surface area contributed by atoms with E-state index in [1.54, 1.807) is 12.1 Å². The van der Waals surface area contributed by atoms with Crippen molar-refractivity contribution in [3.05, 3.63) is 52.5 Å². The van der Waals surface area contributed by atoms with E-state index in [0.717, 1.165) is 11.1 Å². The van der Waals surface area contributed by atoms with Crippen LogP contribution in [-0.4, -0.2) is 16.0 Å². The zero-order valence-corrected chi connectivity index (χ0v) is 12.0. The molecule has 2 aromatic heterocycles. The van der Waals surface area contributed by atoms with Crippen molar-refractivity contribution in [2.45, 2.75) is 6.61 Å². The first-order valence-corrected chi connectivity index (χ1v) is 7.19. The summed E-state index contributed by atoms with van der Waals surface area (Å²) in [6.07, 6.45) is 0. The van der Waals surface area contributed by atoms with Crippen LogP contribution in [-0.2, 0) is 6.61 Å². The van der Waals surface area contributed by atoms with Crippen LogP contribution < -0.4 is 10.3 Å². The lowest BCUT2D eigenvalue weighted by atomic mass is 10.2. The van der Waals surface area contributed by atoms with Crippen molar-refractivity contribution in [1.82, 2.24) is 15.7 Å². The molecular weight excluding hydrogens is 309 g/mol. The first-order chi connectivity index (χ1) is 10.8. The summed E-state index contributed by atoms with van der Waals surface area (Å²) in [7, 11) is 0. The quantitative estimate of drug-likeness (QED) is 0.732. The van der Waals surface area contributed by atoms with Gasteiger partial charge in [0.25, 0.3) is 11.8 Å². The Labute approximate surface area is 128 Å². The summed E-state index contributed by atoms with van der Waals surface area (Å²) in [6.45, 7) is 0.0777. The number of hydrogen-bond acceptors (Lipinski definition) is 6. The van der Waals surface area contributed by atoms with E-state index in [1.807, 2.05) is 16.8 Å². The zero-order valence-electron chi connectivity index (χ0n) is 11.2. The number of halogens is 1. The number of carbonyl (C=O) groups excluding carboxylic acids is 1. The molecule has 3 aromatic rings. The third-order valence-electron chi connectivity index (χ3n) is 2.79. The number of amides is 1. The molecule has 0 aliphatic rings. The molecule has 1 N–H and O–H groups in total. The molecule has 1 aromatic carbocycles. The van der Waals surface area contributed by atoms with Crippen LogP contribution in [0, 0.1) is 0 Å². The maximum atomic E-state index is 12.1. The third kappa shape index (κ3) is 3.12. The molecule has 0 fully saturated rings. The van der Waals surface area contributed by atoms with Crippen LogP contribution in [0.1, 0.15) is 16.2 Å². The Bertz CT molecular complexity index is 773. The second-order valence-corrected chi connectivity index (χ2v) is 5.05. The van der Waals surface area contributed by atoms with E-state index in [0.29, 0.717) is 17.5 Å². The fourth-order valence-corrected chi connectivity index (χ4v) is 2.38. The molecule has 0 unspecified atom stereocenters. The normalized spacial score (nSPS) is 10.4. The lowest BCUT2D eigenvalue weighted by molar-refractivity contribution is 0.0859. The molecule has 0 bridgehead atoms. The molecule has 0 aliphatic heterocycles. The first-order valence-electron chi connectivity index (χ1n) is 6.25. The number of rotatable bonds is 5. The minimum absolute atomic E-state index is 0.0777. The Morgan fingerprint density at radius 2 is 2.32 bits per heavy atom. The Kier molecular flexibility index (Phi) is 4.10. The zero-order chi connectivity index (χ0) is 15.4. The summed E-state index contributed by atoms with van der Waals surface area (Å²) in [5.41, 5.74) is 2.08. The average molecular weight is 319 g/mol. The molecule has 112 valence electrons. The summed E-state index contributed by atoms with van der Waals surface area (Å²) in [5.74, 6) is 0.375. The lowest BCUT2D eigenvalue weighted by Crippen LogP contribution is -2.13. The van der Waals surface area contributed by atoms with E-state index in [1.165, 1.54) is 23.5 Å². The number of benzene rings is 1. The monoisotopic (exact) mass is 319 g/mol. The van der Waals surface area contributed by atoms with Crippen molar-refractivity contribution in [2.75, 3.05) is 0 Å². The summed E-state index contributed by atoms with van der Waals surface area (Å²) in [5, 5.41) is 7.63. The second kappa shape index (κ2) is 6.35. The van der Waals surface area contributed by atoms with E-state index >= 15 is 0 Å². The van der Waals surface area contributed by atoms with E-state index in [4.69, 9.17) is 9.26 Å². The van der Waals surface area contributed by atoms with Crippen LogP contribution in [0.4, 0.5) is 4.48 Å². The van der Waals surface area contributed by atoms with Gasteiger partial charge in [-0.05, 0) is 29.6 Å². The number of carbonyl (C=O) groups is 1. The van der Waals surface area contributed by atoms with Gasteiger partial charge in [-0.25, -0.2) is 0 Å². The van der Waals surface area contributed by atoms with Gasteiger partial charge in [0.2, 0.25) is 5.82 Å². The Balaban J connectivity index is 1.67. The highest BCUT2D eigenvalue weighted by molar-refractivity contribution is 7.08. The van der Waals surface area contributed by atoms with Gasteiger partial charge in [0.1, 0.15) is 5.75 Å². The number of thiophene rings is 1. The molecule has 22 heavy (non-hydrogen) atoms. The topological polar surface area (TPSA) is 77.2 Å². The Morgan fingerprint density at radius 1 is 1.41 bits per heavy atom.